The fourth-order valence-electron chi connectivity index (χ4n) is 4.25. The van der Waals surface area contributed by atoms with Crippen LogP contribution in [0.25, 0.3) is 0 Å². The average Bonchev–Trinajstić information content (AvgIpc) is 3.37. The maximum absolute atomic E-state index is 12.7. The third-order valence-corrected chi connectivity index (χ3v) is 7.66. The Bertz CT molecular complexity index is 876. The first-order chi connectivity index (χ1) is 13.9. The fourth-order valence-corrected chi connectivity index (χ4v) is 5.98. The highest BCUT2D eigenvalue weighted by Gasteiger charge is 2.36. The quantitative estimate of drug-likeness (QED) is 0.774. The lowest BCUT2D eigenvalue weighted by Gasteiger charge is -2.36. The molecule has 3 fully saturated rings. The van der Waals surface area contributed by atoms with Crippen LogP contribution in [0.1, 0.15) is 19.3 Å². The van der Waals surface area contributed by atoms with Gasteiger partial charge in [-0.2, -0.15) is 0 Å². The van der Waals surface area contributed by atoms with Gasteiger partial charge >= 0.3 is 6.03 Å². The molecule has 4 heterocycles. The minimum Gasteiger partial charge on any atom is -0.355 e. The third kappa shape index (κ3) is 4.47. The third-order valence-electron chi connectivity index (χ3n) is 5.89. The number of carbonyl (C=O) groups excluding carboxylic acids is 2. The van der Waals surface area contributed by atoms with E-state index in [0.29, 0.717) is 38.3 Å². The van der Waals surface area contributed by atoms with Crippen molar-refractivity contribution in [1.82, 2.24) is 14.8 Å². The SMILES string of the molecule is O=C(Nc1cccnc1N1CCCC1)N1CCN(C(=O)[C@@H]2CCS(=O)(=O)C2)CC1. The number of sulfone groups is 1. The van der Waals surface area contributed by atoms with E-state index in [1.807, 2.05) is 6.07 Å². The van der Waals surface area contributed by atoms with Crippen LogP contribution in [-0.4, -0.2) is 85.9 Å². The van der Waals surface area contributed by atoms with E-state index in [-0.39, 0.29) is 23.4 Å². The molecular formula is C19H27N5O4S. The number of rotatable bonds is 3. The molecule has 1 aromatic rings. The number of carbonyl (C=O) groups is 2. The lowest BCUT2D eigenvalue weighted by atomic mass is 10.1. The molecule has 1 N–H and O–H groups in total. The number of hydrogen-bond acceptors (Lipinski definition) is 6. The molecule has 0 saturated carbocycles. The summed E-state index contributed by atoms with van der Waals surface area (Å²) in [7, 11) is -3.08. The van der Waals surface area contributed by atoms with Crippen LogP contribution in [0.5, 0.6) is 0 Å². The smallest absolute Gasteiger partial charge is 0.322 e. The van der Waals surface area contributed by atoms with Gasteiger partial charge < -0.3 is 20.0 Å². The number of hydrogen-bond donors (Lipinski definition) is 1. The summed E-state index contributed by atoms with van der Waals surface area (Å²) in [4.78, 5) is 35.3. The van der Waals surface area contributed by atoms with E-state index in [0.717, 1.165) is 31.7 Å². The molecule has 4 rings (SSSR count). The second-order valence-corrected chi connectivity index (χ2v) is 10.1. The number of amides is 3. The second-order valence-electron chi connectivity index (χ2n) is 7.91. The first-order valence-corrected chi connectivity index (χ1v) is 12.0. The number of aromatic nitrogens is 1. The van der Waals surface area contributed by atoms with Gasteiger partial charge in [0.1, 0.15) is 0 Å². The zero-order valence-electron chi connectivity index (χ0n) is 16.4. The van der Waals surface area contributed by atoms with Gasteiger partial charge in [0.15, 0.2) is 15.7 Å². The van der Waals surface area contributed by atoms with Crippen molar-refractivity contribution in [1.29, 1.82) is 0 Å². The molecule has 1 atom stereocenters. The van der Waals surface area contributed by atoms with E-state index >= 15 is 0 Å². The van der Waals surface area contributed by atoms with Crippen molar-refractivity contribution in [3.8, 4) is 0 Å². The molecule has 10 heteroatoms. The lowest BCUT2D eigenvalue weighted by Crippen LogP contribution is -2.53. The van der Waals surface area contributed by atoms with E-state index in [1.165, 1.54) is 0 Å². The van der Waals surface area contributed by atoms with Crippen molar-refractivity contribution in [2.75, 3.05) is 61.0 Å². The van der Waals surface area contributed by atoms with Crippen molar-refractivity contribution in [3.05, 3.63) is 18.3 Å². The Hall–Kier alpha value is -2.36. The fraction of sp³-hybridized carbons (Fsp3) is 0.632. The molecule has 158 valence electrons. The lowest BCUT2D eigenvalue weighted by molar-refractivity contribution is -0.136. The Labute approximate surface area is 171 Å². The van der Waals surface area contributed by atoms with Crippen LogP contribution in [0.4, 0.5) is 16.3 Å². The maximum atomic E-state index is 12.7. The summed E-state index contributed by atoms with van der Waals surface area (Å²) in [5.74, 6) is 0.311. The van der Waals surface area contributed by atoms with Gasteiger partial charge in [-0.3, -0.25) is 4.79 Å². The summed E-state index contributed by atoms with van der Waals surface area (Å²) < 4.78 is 23.3. The van der Waals surface area contributed by atoms with Gasteiger partial charge in [-0.1, -0.05) is 0 Å². The summed E-state index contributed by atoms with van der Waals surface area (Å²) >= 11 is 0. The number of urea groups is 1. The van der Waals surface area contributed by atoms with E-state index in [9.17, 15) is 18.0 Å². The highest BCUT2D eigenvalue weighted by molar-refractivity contribution is 7.91. The second kappa shape index (κ2) is 8.17. The van der Waals surface area contributed by atoms with Crippen molar-refractivity contribution in [2.24, 2.45) is 5.92 Å². The monoisotopic (exact) mass is 421 g/mol. The minimum absolute atomic E-state index is 0.0488. The molecule has 0 aromatic carbocycles. The molecule has 3 aliphatic rings. The van der Waals surface area contributed by atoms with Gasteiger partial charge in [0.05, 0.1) is 23.1 Å². The molecule has 0 radical (unpaired) electrons. The Kier molecular flexibility index (Phi) is 5.62. The first kappa shape index (κ1) is 19.9. The van der Waals surface area contributed by atoms with Crippen molar-refractivity contribution < 1.29 is 18.0 Å². The summed E-state index contributed by atoms with van der Waals surface area (Å²) in [5, 5.41) is 2.97. The molecule has 29 heavy (non-hydrogen) atoms. The van der Waals surface area contributed by atoms with Crippen LogP contribution in [-0.2, 0) is 14.6 Å². The average molecular weight is 422 g/mol. The van der Waals surface area contributed by atoms with Gasteiger partial charge in [-0.15, -0.1) is 0 Å². The number of nitrogens with zero attached hydrogens (tertiary/aromatic N) is 4. The van der Waals surface area contributed by atoms with Gasteiger partial charge in [0.25, 0.3) is 0 Å². The summed E-state index contributed by atoms with van der Waals surface area (Å²) in [6.45, 7) is 3.59. The van der Waals surface area contributed by atoms with Crippen LogP contribution in [0.15, 0.2) is 18.3 Å². The van der Waals surface area contributed by atoms with E-state index in [4.69, 9.17) is 0 Å². The molecule has 0 aliphatic carbocycles. The van der Waals surface area contributed by atoms with E-state index in [1.54, 1.807) is 22.1 Å². The standard InChI is InChI=1S/C19H27N5O4S/c25-18(15-5-13-29(27,28)14-15)23-9-11-24(12-10-23)19(26)21-16-4-3-6-20-17(16)22-7-1-2-8-22/h3-4,6,15H,1-2,5,7-14H2,(H,21,26)/t15-/m1/s1. The van der Waals surface area contributed by atoms with Crippen molar-refractivity contribution >= 4 is 33.3 Å². The molecule has 0 spiro atoms. The normalized spacial score (nSPS) is 24.0. The molecule has 1 aromatic heterocycles. The van der Waals surface area contributed by atoms with Crippen LogP contribution < -0.4 is 10.2 Å². The Balaban J connectivity index is 1.32. The largest absolute Gasteiger partial charge is 0.355 e. The Morgan fingerprint density at radius 3 is 2.38 bits per heavy atom. The Morgan fingerprint density at radius 2 is 1.72 bits per heavy atom. The highest BCUT2D eigenvalue weighted by Crippen LogP contribution is 2.26. The van der Waals surface area contributed by atoms with Crippen LogP contribution in [0, 0.1) is 5.92 Å². The van der Waals surface area contributed by atoms with E-state index < -0.39 is 15.8 Å². The molecule has 0 bridgehead atoms. The predicted octanol–water partition coefficient (Wildman–Crippen LogP) is 0.793. The van der Waals surface area contributed by atoms with Crippen LogP contribution >= 0.6 is 0 Å². The molecule has 3 amide bonds. The maximum Gasteiger partial charge on any atom is 0.322 e. The predicted molar refractivity (Wildman–Crippen MR) is 110 cm³/mol. The van der Waals surface area contributed by atoms with Gasteiger partial charge in [0, 0.05) is 45.5 Å². The Morgan fingerprint density at radius 1 is 1.03 bits per heavy atom. The molecule has 9 nitrogen and oxygen atoms in total. The summed E-state index contributed by atoms with van der Waals surface area (Å²) in [6.07, 6.45) is 4.39. The van der Waals surface area contributed by atoms with Gasteiger partial charge in [0.2, 0.25) is 5.91 Å². The number of pyridine rings is 1. The number of piperazine rings is 1. The zero-order valence-corrected chi connectivity index (χ0v) is 17.2. The molecule has 3 aliphatic heterocycles. The molecule has 3 saturated heterocycles. The summed E-state index contributed by atoms with van der Waals surface area (Å²) in [6, 6.07) is 3.47. The first-order valence-electron chi connectivity index (χ1n) is 10.2. The highest BCUT2D eigenvalue weighted by atomic mass is 32.2. The van der Waals surface area contributed by atoms with Gasteiger partial charge in [-0.25, -0.2) is 18.2 Å². The van der Waals surface area contributed by atoms with Crippen molar-refractivity contribution in [2.45, 2.75) is 19.3 Å². The van der Waals surface area contributed by atoms with Crippen molar-refractivity contribution in [3.63, 3.8) is 0 Å². The topological polar surface area (TPSA) is 103 Å². The van der Waals surface area contributed by atoms with E-state index in [2.05, 4.69) is 15.2 Å². The minimum atomic E-state index is -3.08. The van der Waals surface area contributed by atoms with Crippen LogP contribution in [0.3, 0.4) is 0 Å². The van der Waals surface area contributed by atoms with Crippen LogP contribution in [0.2, 0.25) is 0 Å². The zero-order chi connectivity index (χ0) is 20.4. The molecule has 0 unspecified atom stereocenters. The van der Waals surface area contributed by atoms with Gasteiger partial charge in [-0.05, 0) is 31.4 Å². The number of anilines is 2. The number of nitrogens with one attached hydrogen (secondary N) is 1. The summed E-state index contributed by atoms with van der Waals surface area (Å²) in [5.41, 5.74) is 0.703. The molecular weight excluding hydrogens is 394 g/mol.